The normalized spacial score (nSPS) is 26.9. The molecule has 1 aromatic carbocycles. The van der Waals surface area contributed by atoms with Gasteiger partial charge in [-0.3, -0.25) is 0 Å². The van der Waals surface area contributed by atoms with E-state index in [0.29, 0.717) is 0 Å². The molecule has 1 saturated heterocycles. The minimum atomic E-state index is -0.363. The van der Waals surface area contributed by atoms with E-state index in [9.17, 15) is 5.02 Å². The lowest BCUT2D eigenvalue weighted by Gasteiger charge is -2.36. The van der Waals surface area contributed by atoms with Crippen LogP contribution < -0.4 is 0 Å². The summed E-state index contributed by atoms with van der Waals surface area (Å²) in [6.45, 7) is 5.07. The van der Waals surface area contributed by atoms with Crippen LogP contribution in [0.5, 0.6) is 0 Å². The molecule has 1 aliphatic rings. The Kier molecular flexibility index (Phi) is 2.85. The van der Waals surface area contributed by atoms with Crippen LogP contribution in [0, 0.1) is 0 Å². The molecule has 0 aromatic heterocycles. The van der Waals surface area contributed by atoms with Crippen LogP contribution in [0.2, 0.25) is 6.82 Å². The van der Waals surface area contributed by atoms with Crippen molar-refractivity contribution < 1.29 is 5.02 Å². The molecule has 0 bridgehead atoms. The zero-order valence-corrected chi connectivity index (χ0v) is 9.48. The van der Waals surface area contributed by atoms with Crippen molar-refractivity contribution in [1.29, 1.82) is 0 Å². The highest BCUT2D eigenvalue weighted by Gasteiger charge is 2.41. The molecule has 1 aromatic rings. The minimum Gasteiger partial charge on any atom is -0.437 e. The van der Waals surface area contributed by atoms with Crippen LogP contribution >= 0.6 is 0 Å². The molecule has 0 saturated carbocycles. The van der Waals surface area contributed by atoms with Gasteiger partial charge in [-0.2, -0.15) is 0 Å². The quantitative estimate of drug-likeness (QED) is 0.744. The second kappa shape index (κ2) is 3.99. The van der Waals surface area contributed by atoms with Gasteiger partial charge >= 0.3 is 7.05 Å². The first-order valence-electron chi connectivity index (χ1n) is 5.65. The standard InChI is InChI=1S/C12H18BNO/c1-12(11-7-4-3-5-8-11)9-6-10-14(12)13(2)15/h3-5,7-8,15H,6,9-10H2,1-2H3/t12-/m1/s1. The van der Waals surface area contributed by atoms with Crippen molar-refractivity contribution in [2.24, 2.45) is 0 Å². The van der Waals surface area contributed by atoms with E-state index in [2.05, 4.69) is 36.0 Å². The van der Waals surface area contributed by atoms with Crippen LogP contribution in [0.15, 0.2) is 30.3 Å². The Morgan fingerprint density at radius 2 is 2.00 bits per heavy atom. The summed E-state index contributed by atoms with van der Waals surface area (Å²) in [5.41, 5.74) is 1.32. The zero-order valence-electron chi connectivity index (χ0n) is 9.48. The summed E-state index contributed by atoms with van der Waals surface area (Å²) in [5, 5.41) is 9.78. The molecule has 0 radical (unpaired) electrons. The van der Waals surface area contributed by atoms with Crippen LogP contribution in [0.3, 0.4) is 0 Å². The SMILES string of the molecule is CB(O)N1CCC[C@]1(C)c1ccccc1. The molecule has 1 heterocycles. The van der Waals surface area contributed by atoms with E-state index in [0.717, 1.165) is 19.4 Å². The second-order valence-electron chi connectivity index (χ2n) is 4.57. The van der Waals surface area contributed by atoms with Gasteiger partial charge < -0.3 is 9.83 Å². The summed E-state index contributed by atoms with van der Waals surface area (Å²) in [6.07, 6.45) is 2.29. The van der Waals surface area contributed by atoms with Crippen LogP contribution in [0.1, 0.15) is 25.3 Å². The maximum absolute atomic E-state index is 9.78. The van der Waals surface area contributed by atoms with E-state index in [1.807, 2.05) is 12.9 Å². The molecular weight excluding hydrogens is 185 g/mol. The average Bonchev–Trinajstić information content (AvgIpc) is 2.63. The molecule has 0 aliphatic carbocycles. The fourth-order valence-corrected chi connectivity index (χ4v) is 2.69. The van der Waals surface area contributed by atoms with Crippen molar-refractivity contribution in [3.05, 3.63) is 35.9 Å². The van der Waals surface area contributed by atoms with E-state index in [1.165, 1.54) is 5.56 Å². The smallest absolute Gasteiger partial charge is 0.377 e. The van der Waals surface area contributed by atoms with E-state index < -0.39 is 0 Å². The summed E-state index contributed by atoms with van der Waals surface area (Å²) >= 11 is 0. The Balaban J connectivity index is 2.33. The highest BCUT2D eigenvalue weighted by Crippen LogP contribution is 2.38. The summed E-state index contributed by atoms with van der Waals surface area (Å²) < 4.78 is 0. The predicted octanol–water partition coefficient (Wildman–Crippen LogP) is 2.11. The Labute approximate surface area is 92.0 Å². The Hall–Kier alpha value is -0.795. The number of hydrogen-bond acceptors (Lipinski definition) is 2. The molecule has 1 fully saturated rings. The van der Waals surface area contributed by atoms with Gasteiger partial charge in [-0.15, -0.1) is 0 Å². The van der Waals surface area contributed by atoms with Crippen molar-refractivity contribution >= 4 is 7.05 Å². The van der Waals surface area contributed by atoms with E-state index in [-0.39, 0.29) is 12.6 Å². The van der Waals surface area contributed by atoms with Crippen molar-refractivity contribution in [3.63, 3.8) is 0 Å². The summed E-state index contributed by atoms with van der Waals surface area (Å²) in [6, 6.07) is 10.5. The lowest BCUT2D eigenvalue weighted by atomic mass is 9.77. The van der Waals surface area contributed by atoms with Crippen LogP contribution in [0.4, 0.5) is 0 Å². The van der Waals surface area contributed by atoms with Gasteiger partial charge in [0, 0.05) is 5.54 Å². The Bertz CT molecular complexity index is 328. The first-order valence-corrected chi connectivity index (χ1v) is 5.65. The van der Waals surface area contributed by atoms with Gasteiger partial charge in [0.25, 0.3) is 0 Å². The van der Waals surface area contributed by atoms with Crippen molar-refractivity contribution in [3.8, 4) is 0 Å². The van der Waals surface area contributed by atoms with Gasteiger partial charge in [0.05, 0.1) is 0 Å². The third-order valence-electron chi connectivity index (χ3n) is 3.54. The van der Waals surface area contributed by atoms with E-state index in [1.54, 1.807) is 0 Å². The molecule has 2 nitrogen and oxygen atoms in total. The van der Waals surface area contributed by atoms with Crippen molar-refractivity contribution in [2.75, 3.05) is 6.54 Å². The van der Waals surface area contributed by atoms with Gasteiger partial charge in [0.15, 0.2) is 0 Å². The largest absolute Gasteiger partial charge is 0.437 e. The van der Waals surface area contributed by atoms with E-state index >= 15 is 0 Å². The third-order valence-corrected chi connectivity index (χ3v) is 3.54. The Morgan fingerprint density at radius 1 is 1.33 bits per heavy atom. The first-order chi connectivity index (χ1) is 7.14. The number of rotatable bonds is 2. The molecule has 0 amide bonds. The second-order valence-corrected chi connectivity index (χ2v) is 4.57. The van der Waals surface area contributed by atoms with Crippen molar-refractivity contribution in [2.45, 2.75) is 32.1 Å². The van der Waals surface area contributed by atoms with Gasteiger partial charge in [0.2, 0.25) is 0 Å². The fourth-order valence-electron chi connectivity index (χ4n) is 2.69. The first kappa shape index (κ1) is 10.7. The minimum absolute atomic E-state index is 0.00935. The van der Waals surface area contributed by atoms with Gasteiger partial charge in [-0.05, 0) is 38.7 Å². The highest BCUT2D eigenvalue weighted by atomic mass is 16.2. The molecule has 0 spiro atoms. The van der Waals surface area contributed by atoms with E-state index in [4.69, 9.17) is 0 Å². The lowest BCUT2D eigenvalue weighted by molar-refractivity contribution is 0.239. The highest BCUT2D eigenvalue weighted by molar-refractivity contribution is 6.45. The summed E-state index contributed by atoms with van der Waals surface area (Å²) in [5.74, 6) is 0. The number of nitrogens with zero attached hydrogens (tertiary/aromatic N) is 1. The molecule has 2 rings (SSSR count). The molecule has 15 heavy (non-hydrogen) atoms. The molecule has 3 heteroatoms. The molecule has 1 N–H and O–H groups in total. The maximum atomic E-state index is 9.78. The molecule has 1 aliphatic heterocycles. The third kappa shape index (κ3) is 1.82. The van der Waals surface area contributed by atoms with Crippen LogP contribution in [0.25, 0.3) is 0 Å². The molecule has 0 unspecified atom stereocenters. The monoisotopic (exact) mass is 203 g/mol. The lowest BCUT2D eigenvalue weighted by Crippen LogP contribution is -2.46. The van der Waals surface area contributed by atoms with Gasteiger partial charge in [0.1, 0.15) is 0 Å². The molecular formula is C12H18BNO. The average molecular weight is 203 g/mol. The van der Waals surface area contributed by atoms with Crippen LogP contribution in [-0.2, 0) is 5.54 Å². The molecule has 80 valence electrons. The maximum Gasteiger partial charge on any atom is 0.377 e. The zero-order chi connectivity index (χ0) is 10.9. The fraction of sp³-hybridized carbons (Fsp3) is 0.500. The topological polar surface area (TPSA) is 23.5 Å². The number of hydrogen-bond donors (Lipinski definition) is 1. The van der Waals surface area contributed by atoms with Gasteiger partial charge in [-0.25, -0.2) is 0 Å². The van der Waals surface area contributed by atoms with Gasteiger partial charge in [-0.1, -0.05) is 30.3 Å². The Morgan fingerprint density at radius 3 is 2.60 bits per heavy atom. The predicted molar refractivity (Wildman–Crippen MR) is 63.6 cm³/mol. The number of benzene rings is 1. The molecule has 1 atom stereocenters. The summed E-state index contributed by atoms with van der Waals surface area (Å²) in [4.78, 5) is 2.18. The van der Waals surface area contributed by atoms with Crippen molar-refractivity contribution in [1.82, 2.24) is 4.81 Å². The summed E-state index contributed by atoms with van der Waals surface area (Å²) in [7, 11) is -0.363. The van der Waals surface area contributed by atoms with Crippen LogP contribution in [-0.4, -0.2) is 23.4 Å².